The first kappa shape index (κ1) is 11.9. The second-order valence-corrected chi connectivity index (χ2v) is 4.83. The van der Waals surface area contributed by atoms with Crippen LogP contribution >= 0.6 is 0 Å². The molecular formula is C12H22N2O2. The van der Waals surface area contributed by atoms with Gasteiger partial charge < -0.3 is 15.4 Å². The molecular weight excluding hydrogens is 204 g/mol. The average molecular weight is 226 g/mol. The maximum atomic E-state index is 11.9. The first-order chi connectivity index (χ1) is 7.86. The van der Waals surface area contributed by atoms with Crippen LogP contribution < -0.4 is 10.6 Å². The average Bonchev–Trinajstić information content (AvgIpc) is 2.66. The Morgan fingerprint density at radius 2 is 2.25 bits per heavy atom. The summed E-state index contributed by atoms with van der Waals surface area (Å²) in [6.07, 6.45) is 5.66. The molecule has 0 radical (unpaired) electrons. The largest absolute Gasteiger partial charge is 0.381 e. The van der Waals surface area contributed by atoms with Crippen LogP contribution in [0.4, 0.5) is 0 Å². The van der Waals surface area contributed by atoms with Gasteiger partial charge in [0.2, 0.25) is 5.91 Å². The van der Waals surface area contributed by atoms with E-state index in [1.54, 1.807) is 0 Å². The Labute approximate surface area is 97.1 Å². The summed E-state index contributed by atoms with van der Waals surface area (Å²) in [4.78, 5) is 11.9. The first-order valence-electron chi connectivity index (χ1n) is 6.45. The van der Waals surface area contributed by atoms with Gasteiger partial charge in [-0.25, -0.2) is 0 Å². The number of carbonyl (C=O) groups is 1. The monoisotopic (exact) mass is 226 g/mol. The quantitative estimate of drug-likeness (QED) is 0.743. The van der Waals surface area contributed by atoms with Crippen LogP contribution in [-0.2, 0) is 9.53 Å². The molecule has 2 N–H and O–H groups in total. The lowest BCUT2D eigenvalue weighted by Gasteiger charge is -2.17. The zero-order valence-corrected chi connectivity index (χ0v) is 9.84. The Kier molecular flexibility index (Phi) is 4.60. The molecule has 2 fully saturated rings. The number of amides is 1. The van der Waals surface area contributed by atoms with Crippen molar-refractivity contribution in [2.45, 2.75) is 38.1 Å². The summed E-state index contributed by atoms with van der Waals surface area (Å²) in [6, 6.07) is 0.0322. The number of rotatable bonds is 3. The molecule has 2 atom stereocenters. The predicted octanol–water partition coefficient (Wildman–Crippen LogP) is 0.671. The molecule has 4 nitrogen and oxygen atoms in total. The molecule has 2 unspecified atom stereocenters. The normalized spacial score (nSPS) is 31.0. The number of hydrogen-bond donors (Lipinski definition) is 2. The van der Waals surface area contributed by atoms with Crippen LogP contribution in [0.3, 0.4) is 0 Å². The molecule has 1 amide bonds. The Morgan fingerprint density at radius 1 is 1.31 bits per heavy atom. The maximum absolute atomic E-state index is 11.9. The molecule has 0 aromatic carbocycles. The van der Waals surface area contributed by atoms with E-state index in [2.05, 4.69) is 10.6 Å². The van der Waals surface area contributed by atoms with Gasteiger partial charge in [0, 0.05) is 19.1 Å². The Hall–Kier alpha value is -0.610. The highest BCUT2D eigenvalue weighted by atomic mass is 16.5. The molecule has 2 heterocycles. The summed E-state index contributed by atoms with van der Waals surface area (Å²) in [5.41, 5.74) is 0. The van der Waals surface area contributed by atoms with Crippen molar-refractivity contribution in [3.8, 4) is 0 Å². The van der Waals surface area contributed by atoms with E-state index in [0.29, 0.717) is 5.92 Å². The van der Waals surface area contributed by atoms with Crippen LogP contribution in [-0.4, -0.2) is 38.3 Å². The molecule has 2 aliphatic rings. The van der Waals surface area contributed by atoms with E-state index >= 15 is 0 Å². The van der Waals surface area contributed by atoms with E-state index in [9.17, 15) is 4.79 Å². The molecule has 2 aliphatic heterocycles. The fraction of sp³-hybridized carbons (Fsp3) is 0.917. The molecule has 0 spiro atoms. The molecule has 0 saturated carbocycles. The van der Waals surface area contributed by atoms with Gasteiger partial charge >= 0.3 is 0 Å². The lowest BCUT2D eigenvalue weighted by atomic mass is 10.1. The molecule has 0 aromatic rings. The lowest BCUT2D eigenvalue weighted by Crippen LogP contribution is -2.45. The summed E-state index contributed by atoms with van der Waals surface area (Å²) in [6.45, 7) is 3.40. The standard InChI is InChI=1S/C12H22N2O2/c15-12(11-4-2-1-3-6-13-11)14-8-10-5-7-16-9-10/h10-11,13H,1-9H2,(H,14,15). The van der Waals surface area contributed by atoms with Crippen LogP contribution in [0.15, 0.2) is 0 Å². The van der Waals surface area contributed by atoms with Crippen LogP contribution in [0, 0.1) is 5.92 Å². The third kappa shape index (κ3) is 3.46. The summed E-state index contributed by atoms with van der Waals surface area (Å²) < 4.78 is 5.29. The minimum atomic E-state index is 0.0322. The van der Waals surface area contributed by atoms with Gasteiger partial charge in [0.05, 0.1) is 12.6 Å². The zero-order valence-electron chi connectivity index (χ0n) is 9.84. The van der Waals surface area contributed by atoms with Gasteiger partial charge in [0.25, 0.3) is 0 Å². The molecule has 92 valence electrons. The van der Waals surface area contributed by atoms with E-state index < -0.39 is 0 Å². The van der Waals surface area contributed by atoms with E-state index in [1.165, 1.54) is 12.8 Å². The second kappa shape index (κ2) is 6.21. The number of nitrogens with one attached hydrogen (secondary N) is 2. The van der Waals surface area contributed by atoms with E-state index in [1.807, 2.05) is 0 Å². The van der Waals surface area contributed by atoms with Crippen molar-refractivity contribution >= 4 is 5.91 Å². The summed E-state index contributed by atoms with van der Waals surface area (Å²) in [5.74, 6) is 0.698. The van der Waals surface area contributed by atoms with Crippen LogP contribution in [0.1, 0.15) is 32.1 Å². The highest BCUT2D eigenvalue weighted by molar-refractivity contribution is 5.81. The molecule has 4 heteroatoms. The fourth-order valence-corrected chi connectivity index (χ4v) is 2.36. The van der Waals surface area contributed by atoms with Crippen molar-refractivity contribution in [2.24, 2.45) is 5.92 Å². The first-order valence-corrected chi connectivity index (χ1v) is 6.45. The van der Waals surface area contributed by atoms with Crippen molar-refractivity contribution in [1.29, 1.82) is 0 Å². The maximum Gasteiger partial charge on any atom is 0.237 e. The highest BCUT2D eigenvalue weighted by Crippen LogP contribution is 2.12. The van der Waals surface area contributed by atoms with Crippen molar-refractivity contribution < 1.29 is 9.53 Å². The smallest absolute Gasteiger partial charge is 0.237 e. The van der Waals surface area contributed by atoms with E-state index in [0.717, 1.165) is 45.6 Å². The van der Waals surface area contributed by atoms with Crippen LogP contribution in [0.25, 0.3) is 0 Å². The minimum Gasteiger partial charge on any atom is -0.381 e. The molecule has 0 aromatic heterocycles. The molecule has 0 bridgehead atoms. The van der Waals surface area contributed by atoms with E-state index in [4.69, 9.17) is 4.74 Å². The van der Waals surface area contributed by atoms with Gasteiger partial charge in [-0.05, 0) is 25.8 Å². The zero-order chi connectivity index (χ0) is 11.2. The molecule has 0 aliphatic carbocycles. The van der Waals surface area contributed by atoms with Gasteiger partial charge in [-0.15, -0.1) is 0 Å². The minimum absolute atomic E-state index is 0.0322. The van der Waals surface area contributed by atoms with Gasteiger partial charge in [0.15, 0.2) is 0 Å². The Balaban J connectivity index is 1.69. The van der Waals surface area contributed by atoms with Gasteiger partial charge in [-0.2, -0.15) is 0 Å². The van der Waals surface area contributed by atoms with Crippen LogP contribution in [0.2, 0.25) is 0 Å². The Morgan fingerprint density at radius 3 is 3.06 bits per heavy atom. The highest BCUT2D eigenvalue weighted by Gasteiger charge is 2.21. The van der Waals surface area contributed by atoms with Crippen LogP contribution in [0.5, 0.6) is 0 Å². The topological polar surface area (TPSA) is 50.4 Å². The summed E-state index contributed by atoms with van der Waals surface area (Å²) in [5, 5.41) is 6.35. The third-order valence-electron chi connectivity index (χ3n) is 3.47. The molecule has 2 saturated heterocycles. The second-order valence-electron chi connectivity index (χ2n) is 4.83. The predicted molar refractivity (Wildman–Crippen MR) is 62.2 cm³/mol. The van der Waals surface area contributed by atoms with E-state index in [-0.39, 0.29) is 11.9 Å². The van der Waals surface area contributed by atoms with Crippen molar-refractivity contribution in [3.63, 3.8) is 0 Å². The van der Waals surface area contributed by atoms with Crippen molar-refractivity contribution in [2.75, 3.05) is 26.3 Å². The lowest BCUT2D eigenvalue weighted by molar-refractivity contribution is -0.123. The van der Waals surface area contributed by atoms with Gasteiger partial charge in [-0.1, -0.05) is 12.8 Å². The molecule has 2 rings (SSSR count). The van der Waals surface area contributed by atoms with Crippen molar-refractivity contribution in [3.05, 3.63) is 0 Å². The molecule has 16 heavy (non-hydrogen) atoms. The van der Waals surface area contributed by atoms with Gasteiger partial charge in [-0.3, -0.25) is 4.79 Å². The Bertz CT molecular complexity index is 219. The summed E-state index contributed by atoms with van der Waals surface area (Å²) in [7, 11) is 0. The van der Waals surface area contributed by atoms with Gasteiger partial charge in [0.1, 0.15) is 0 Å². The third-order valence-corrected chi connectivity index (χ3v) is 3.47. The number of carbonyl (C=O) groups excluding carboxylic acids is 1. The van der Waals surface area contributed by atoms with Crippen molar-refractivity contribution in [1.82, 2.24) is 10.6 Å². The SMILES string of the molecule is O=C(NCC1CCOC1)C1CCCCCN1. The number of ether oxygens (including phenoxy) is 1. The summed E-state index contributed by atoms with van der Waals surface area (Å²) >= 11 is 0. The fourth-order valence-electron chi connectivity index (χ4n) is 2.36. The number of hydrogen-bond acceptors (Lipinski definition) is 3.